The summed E-state index contributed by atoms with van der Waals surface area (Å²) in [5.74, 6) is 0.974. The molecule has 4 heterocycles. The molecule has 0 saturated carbocycles. The number of nitrogens with two attached hydrogens (primary N) is 2. The van der Waals surface area contributed by atoms with E-state index in [1.165, 1.54) is 28.0 Å². The maximum absolute atomic E-state index is 9.28. The summed E-state index contributed by atoms with van der Waals surface area (Å²) in [6.07, 6.45) is 3.66. The number of thiophene rings is 2. The zero-order valence-corrected chi connectivity index (χ0v) is 28.1. The minimum Gasteiger partial charge on any atom is -0.383 e. The number of rotatable bonds is 4. The van der Waals surface area contributed by atoms with E-state index in [0.29, 0.717) is 17.2 Å². The molecular formula is C39H26BrN5S2. The van der Waals surface area contributed by atoms with Crippen molar-refractivity contribution in [3.8, 4) is 50.6 Å². The lowest BCUT2D eigenvalue weighted by Gasteiger charge is -2.08. The molecule has 0 spiro atoms. The van der Waals surface area contributed by atoms with Crippen molar-refractivity contribution in [2.75, 3.05) is 11.5 Å². The van der Waals surface area contributed by atoms with Crippen molar-refractivity contribution in [2.24, 2.45) is 0 Å². The van der Waals surface area contributed by atoms with Crippen molar-refractivity contribution in [3.05, 3.63) is 142 Å². The van der Waals surface area contributed by atoms with Crippen molar-refractivity contribution in [1.29, 1.82) is 5.26 Å². The number of halogens is 1. The number of nitrogen functional groups attached to an aromatic ring is 2. The van der Waals surface area contributed by atoms with E-state index in [-0.39, 0.29) is 0 Å². The average Bonchev–Trinajstić information content (AvgIpc) is 3.75. The molecule has 4 aromatic heterocycles. The molecule has 4 N–H and O–H groups in total. The van der Waals surface area contributed by atoms with Gasteiger partial charge >= 0.3 is 0 Å². The van der Waals surface area contributed by atoms with E-state index in [4.69, 9.17) is 11.5 Å². The molecule has 4 aromatic carbocycles. The Morgan fingerprint density at radius 2 is 1.00 bits per heavy atom. The largest absolute Gasteiger partial charge is 0.383 e. The molecule has 5 nitrogen and oxygen atoms in total. The molecule has 8 heteroatoms. The fraction of sp³-hybridized carbons (Fsp3) is 0. The second-order valence-corrected chi connectivity index (χ2v) is 13.4. The lowest BCUT2D eigenvalue weighted by molar-refractivity contribution is 1.37. The Bertz CT molecular complexity index is 2410. The van der Waals surface area contributed by atoms with Gasteiger partial charge in [0.05, 0.1) is 10.9 Å². The first-order valence-corrected chi connectivity index (χ1v) is 17.3. The lowest BCUT2D eigenvalue weighted by atomic mass is 9.99. The fourth-order valence-corrected chi connectivity index (χ4v) is 8.40. The molecule has 0 saturated heterocycles. The first kappa shape index (κ1) is 30.3. The van der Waals surface area contributed by atoms with E-state index in [2.05, 4.69) is 116 Å². The maximum Gasteiger partial charge on any atom is 0.133 e. The van der Waals surface area contributed by atoms with E-state index >= 15 is 0 Å². The molecule has 8 rings (SSSR count). The van der Waals surface area contributed by atoms with Crippen LogP contribution in [-0.4, -0.2) is 9.97 Å². The first-order valence-electron chi connectivity index (χ1n) is 14.7. The molecular weight excluding hydrogens is 683 g/mol. The van der Waals surface area contributed by atoms with Gasteiger partial charge in [-0.05, 0) is 61.4 Å². The van der Waals surface area contributed by atoms with Crippen LogP contribution in [-0.2, 0) is 0 Å². The third-order valence-electron chi connectivity index (χ3n) is 7.89. The number of pyridine rings is 2. The van der Waals surface area contributed by atoms with E-state index in [1.54, 1.807) is 17.5 Å². The normalized spacial score (nSPS) is 10.8. The monoisotopic (exact) mass is 707 g/mol. The van der Waals surface area contributed by atoms with Crippen LogP contribution in [0.15, 0.2) is 137 Å². The minimum absolute atomic E-state index is 0.408. The average molecular weight is 709 g/mol. The molecule has 0 bridgehead atoms. The number of fused-ring (bicyclic) bond motifs is 2. The van der Waals surface area contributed by atoms with Gasteiger partial charge in [-0.3, -0.25) is 0 Å². The van der Waals surface area contributed by atoms with Gasteiger partial charge in [-0.1, -0.05) is 97.1 Å². The zero-order valence-electron chi connectivity index (χ0n) is 24.9. The number of anilines is 2. The standard InChI is InChI=1S/C20H13N3S.C19H13BrN2S/c21-10-16-12-24-19-17(11-23-20(22)18(16)19)15-8-4-7-14(9-15)13-5-2-1-3-6-13;20-16-11-23-18-15(10-22-19(21)17(16)18)14-8-4-7-13(9-14)12-5-2-1-3-6-12/h1-9,11-12H,(H2,22,23);1-11H,(H2,21,22). The highest BCUT2D eigenvalue weighted by molar-refractivity contribution is 9.10. The predicted octanol–water partition coefficient (Wildman–Crippen LogP) is 11.1. The van der Waals surface area contributed by atoms with Crippen LogP contribution in [0.25, 0.3) is 64.7 Å². The lowest BCUT2D eigenvalue weighted by Crippen LogP contribution is -1.92. The molecule has 0 aliphatic rings. The number of nitriles is 1. The number of hydrogen-bond acceptors (Lipinski definition) is 7. The van der Waals surface area contributed by atoms with Crippen molar-refractivity contribution in [3.63, 3.8) is 0 Å². The molecule has 0 radical (unpaired) electrons. The molecule has 8 aromatic rings. The number of aromatic nitrogens is 2. The van der Waals surface area contributed by atoms with Crippen molar-refractivity contribution in [2.45, 2.75) is 0 Å². The fourth-order valence-electron chi connectivity index (χ4n) is 5.59. The van der Waals surface area contributed by atoms with Crippen LogP contribution >= 0.6 is 38.6 Å². The molecule has 0 unspecified atom stereocenters. The van der Waals surface area contributed by atoms with Crippen molar-refractivity contribution in [1.82, 2.24) is 9.97 Å². The van der Waals surface area contributed by atoms with Crippen molar-refractivity contribution >= 4 is 70.4 Å². The van der Waals surface area contributed by atoms with Crippen LogP contribution in [0, 0.1) is 11.3 Å². The van der Waals surface area contributed by atoms with Crippen LogP contribution < -0.4 is 11.5 Å². The van der Waals surface area contributed by atoms with Gasteiger partial charge in [0.2, 0.25) is 0 Å². The zero-order chi connectivity index (χ0) is 32.3. The Labute approximate surface area is 288 Å². The second kappa shape index (κ2) is 13.2. The smallest absolute Gasteiger partial charge is 0.133 e. The molecule has 0 aliphatic heterocycles. The number of benzene rings is 4. The summed E-state index contributed by atoms with van der Waals surface area (Å²) in [5, 5.41) is 14.9. The summed E-state index contributed by atoms with van der Waals surface area (Å²) < 4.78 is 3.17. The third-order valence-corrected chi connectivity index (χ3v) is 10.8. The summed E-state index contributed by atoms with van der Waals surface area (Å²) in [6, 6.07) is 39.7. The summed E-state index contributed by atoms with van der Waals surface area (Å²) in [6.45, 7) is 0. The van der Waals surface area contributed by atoms with Gasteiger partial charge < -0.3 is 11.5 Å². The number of hydrogen-bond donors (Lipinski definition) is 2. The van der Waals surface area contributed by atoms with E-state index in [9.17, 15) is 5.26 Å². The summed E-state index contributed by atoms with van der Waals surface area (Å²) in [7, 11) is 0. The highest BCUT2D eigenvalue weighted by atomic mass is 79.9. The molecule has 226 valence electrons. The SMILES string of the molecule is N#Cc1csc2c(-c3cccc(-c4ccccc4)c3)cnc(N)c12.Nc1ncc(-c2cccc(-c3ccccc3)c2)c2scc(Br)c12. The van der Waals surface area contributed by atoms with Gasteiger partial charge in [-0.25, -0.2) is 9.97 Å². The highest BCUT2D eigenvalue weighted by Gasteiger charge is 2.15. The van der Waals surface area contributed by atoms with Gasteiger partial charge in [-0.2, -0.15) is 5.26 Å². The van der Waals surface area contributed by atoms with Gasteiger partial charge in [-0.15, -0.1) is 22.7 Å². The Morgan fingerprint density at radius 3 is 1.53 bits per heavy atom. The number of nitrogens with zero attached hydrogens (tertiary/aromatic N) is 3. The Kier molecular flexibility index (Phi) is 8.51. The predicted molar refractivity (Wildman–Crippen MR) is 202 cm³/mol. The maximum atomic E-state index is 9.28. The van der Waals surface area contributed by atoms with Crippen LogP contribution in [0.1, 0.15) is 5.56 Å². The summed E-state index contributed by atoms with van der Waals surface area (Å²) in [5.41, 5.74) is 21.7. The molecule has 0 aliphatic carbocycles. The minimum atomic E-state index is 0.408. The summed E-state index contributed by atoms with van der Waals surface area (Å²) >= 11 is 6.78. The third kappa shape index (κ3) is 6.00. The van der Waals surface area contributed by atoms with E-state index in [1.807, 2.05) is 41.9 Å². The summed E-state index contributed by atoms with van der Waals surface area (Å²) in [4.78, 5) is 8.67. The molecule has 47 heavy (non-hydrogen) atoms. The van der Waals surface area contributed by atoms with Crippen molar-refractivity contribution < 1.29 is 0 Å². The second-order valence-electron chi connectivity index (χ2n) is 10.8. The highest BCUT2D eigenvalue weighted by Crippen LogP contribution is 2.41. The Morgan fingerprint density at radius 1 is 0.553 bits per heavy atom. The van der Waals surface area contributed by atoms with Crippen LogP contribution in [0.2, 0.25) is 0 Å². The van der Waals surface area contributed by atoms with Crippen LogP contribution in [0.4, 0.5) is 11.6 Å². The quantitative estimate of drug-likeness (QED) is 0.189. The van der Waals surface area contributed by atoms with Gasteiger partial charge in [0.15, 0.2) is 0 Å². The molecule has 0 fully saturated rings. The Balaban J connectivity index is 0.000000150. The van der Waals surface area contributed by atoms with E-state index < -0.39 is 0 Å². The van der Waals surface area contributed by atoms with Gasteiger partial charge in [0.25, 0.3) is 0 Å². The van der Waals surface area contributed by atoms with Crippen LogP contribution in [0.3, 0.4) is 0 Å². The molecule has 0 amide bonds. The Hall–Kier alpha value is -5.33. The first-order chi connectivity index (χ1) is 23.0. The molecule has 0 atom stereocenters. The topological polar surface area (TPSA) is 102 Å². The van der Waals surface area contributed by atoms with Crippen LogP contribution in [0.5, 0.6) is 0 Å². The van der Waals surface area contributed by atoms with E-state index in [0.717, 1.165) is 52.5 Å². The van der Waals surface area contributed by atoms with Gasteiger partial charge in [0.1, 0.15) is 17.7 Å². The van der Waals surface area contributed by atoms with Gasteiger partial charge in [0, 0.05) is 53.5 Å².